The minimum Gasteiger partial charge on any atom is -0.328 e. The molecule has 1 amide bonds. The van der Waals surface area contributed by atoms with E-state index in [2.05, 4.69) is 21.2 Å². The van der Waals surface area contributed by atoms with Crippen molar-refractivity contribution in [3.05, 3.63) is 87.3 Å². The number of thiophene rings is 1. The maximum Gasteiger partial charge on any atom is 0.277 e. The smallest absolute Gasteiger partial charge is 0.277 e. The van der Waals surface area contributed by atoms with Gasteiger partial charge in [0.05, 0.1) is 6.04 Å². The Labute approximate surface area is 192 Å². The summed E-state index contributed by atoms with van der Waals surface area (Å²) in [5.74, 6) is -0.286. The first-order valence-corrected chi connectivity index (χ1v) is 11.3. The molecule has 0 saturated carbocycles. The van der Waals surface area contributed by atoms with E-state index in [-0.39, 0.29) is 11.0 Å². The summed E-state index contributed by atoms with van der Waals surface area (Å²) in [5.41, 5.74) is 2.46. The minimum atomic E-state index is -0.646. The van der Waals surface area contributed by atoms with Gasteiger partial charge in [-0.25, -0.2) is 0 Å². The highest BCUT2D eigenvalue weighted by molar-refractivity contribution is 9.10. The zero-order valence-corrected chi connectivity index (χ0v) is 19.0. The topological polar surface area (TPSA) is 49.4 Å². The second kappa shape index (κ2) is 9.04. The van der Waals surface area contributed by atoms with Crippen LogP contribution in [0.4, 0.5) is 0 Å². The highest BCUT2D eigenvalue weighted by atomic mass is 79.9. The molecule has 0 aliphatic carbocycles. The Morgan fingerprint density at radius 2 is 1.80 bits per heavy atom. The van der Waals surface area contributed by atoms with E-state index < -0.39 is 6.04 Å². The summed E-state index contributed by atoms with van der Waals surface area (Å²) in [6, 6.07) is 21.0. The third-order valence-corrected chi connectivity index (χ3v) is 6.64. The summed E-state index contributed by atoms with van der Waals surface area (Å²) in [7, 11) is 0. The molecular weight excluding hydrogens is 480 g/mol. The van der Waals surface area contributed by atoms with Crippen molar-refractivity contribution in [2.24, 2.45) is 0 Å². The standard InChI is InChI=1S/C23H17BrN2O2S2/c24-17-8-6-16(7-9-17)21-11-10-19(30-21)13-20-22(28)26(23(29)25-20)18(14-27)12-15-4-2-1-3-5-15/h1-11,13-14,18H,12H2,(H,25,29)/b20-13+. The Balaban J connectivity index is 1.54. The van der Waals surface area contributed by atoms with Crippen LogP contribution in [0.5, 0.6) is 0 Å². The first kappa shape index (κ1) is 20.7. The Kier molecular flexibility index (Phi) is 6.22. The number of carbonyl (C=O) groups excluding carboxylic acids is 2. The molecule has 2 heterocycles. The van der Waals surface area contributed by atoms with E-state index in [1.807, 2.05) is 66.7 Å². The van der Waals surface area contributed by atoms with Gasteiger partial charge in [0.25, 0.3) is 5.91 Å². The van der Waals surface area contributed by atoms with E-state index >= 15 is 0 Å². The molecule has 0 radical (unpaired) electrons. The molecule has 1 aliphatic rings. The number of nitrogens with zero attached hydrogens (tertiary/aromatic N) is 1. The number of carbonyl (C=O) groups is 2. The molecule has 150 valence electrons. The second-order valence-electron chi connectivity index (χ2n) is 6.77. The molecule has 2 aromatic carbocycles. The number of aldehydes is 1. The largest absolute Gasteiger partial charge is 0.328 e. The van der Waals surface area contributed by atoms with Gasteiger partial charge < -0.3 is 10.1 Å². The number of hydrogen-bond donors (Lipinski definition) is 1. The molecule has 0 bridgehead atoms. The van der Waals surface area contributed by atoms with Crippen LogP contribution in [0.2, 0.25) is 0 Å². The lowest BCUT2D eigenvalue weighted by atomic mass is 10.1. The van der Waals surface area contributed by atoms with Crippen molar-refractivity contribution in [3.63, 3.8) is 0 Å². The van der Waals surface area contributed by atoms with Gasteiger partial charge >= 0.3 is 0 Å². The third-order valence-electron chi connectivity index (χ3n) is 4.73. The van der Waals surface area contributed by atoms with Crippen LogP contribution in [0.25, 0.3) is 16.5 Å². The molecule has 1 fully saturated rings. The average Bonchev–Trinajstić information content (AvgIpc) is 3.32. The van der Waals surface area contributed by atoms with Crippen molar-refractivity contribution in [2.45, 2.75) is 12.5 Å². The van der Waals surface area contributed by atoms with Crippen LogP contribution >= 0.6 is 39.5 Å². The first-order chi connectivity index (χ1) is 14.5. The van der Waals surface area contributed by atoms with Crippen LogP contribution in [0, 0.1) is 0 Å². The maximum absolute atomic E-state index is 13.0. The van der Waals surface area contributed by atoms with Crippen molar-refractivity contribution < 1.29 is 9.59 Å². The molecule has 1 N–H and O–H groups in total. The van der Waals surface area contributed by atoms with Gasteiger partial charge in [-0.1, -0.05) is 58.4 Å². The molecule has 1 atom stereocenters. The number of thiocarbonyl (C=S) groups is 1. The molecule has 3 aromatic rings. The van der Waals surface area contributed by atoms with E-state index in [4.69, 9.17) is 12.2 Å². The third kappa shape index (κ3) is 4.43. The summed E-state index contributed by atoms with van der Waals surface area (Å²) < 4.78 is 1.03. The lowest BCUT2D eigenvalue weighted by Crippen LogP contribution is -2.42. The fourth-order valence-corrected chi connectivity index (χ4v) is 4.80. The van der Waals surface area contributed by atoms with E-state index in [1.54, 1.807) is 17.4 Å². The van der Waals surface area contributed by atoms with Gasteiger partial charge in [-0.05, 0) is 53.7 Å². The fraction of sp³-hybridized carbons (Fsp3) is 0.0870. The van der Waals surface area contributed by atoms with Gasteiger partial charge in [0.1, 0.15) is 12.0 Å². The molecular formula is C23H17BrN2O2S2. The molecule has 7 heteroatoms. The zero-order valence-electron chi connectivity index (χ0n) is 15.7. The normalized spacial score (nSPS) is 16.0. The lowest BCUT2D eigenvalue weighted by molar-refractivity contribution is -0.127. The number of hydrogen-bond acceptors (Lipinski definition) is 4. The molecule has 1 saturated heterocycles. The van der Waals surface area contributed by atoms with Crippen molar-refractivity contribution >= 4 is 62.9 Å². The van der Waals surface area contributed by atoms with Gasteiger partial charge in [0.2, 0.25) is 0 Å². The number of nitrogens with one attached hydrogen (secondary N) is 1. The van der Waals surface area contributed by atoms with Crippen LogP contribution in [-0.2, 0) is 16.0 Å². The molecule has 4 nitrogen and oxygen atoms in total. The highest BCUT2D eigenvalue weighted by Gasteiger charge is 2.36. The average molecular weight is 497 g/mol. The molecule has 4 rings (SSSR count). The summed E-state index contributed by atoms with van der Waals surface area (Å²) in [4.78, 5) is 28.1. The summed E-state index contributed by atoms with van der Waals surface area (Å²) >= 11 is 10.4. The zero-order chi connectivity index (χ0) is 21.1. The van der Waals surface area contributed by atoms with Crippen molar-refractivity contribution in [1.29, 1.82) is 0 Å². The second-order valence-corrected chi connectivity index (χ2v) is 9.18. The van der Waals surface area contributed by atoms with Gasteiger partial charge in [-0.15, -0.1) is 11.3 Å². The van der Waals surface area contributed by atoms with Gasteiger partial charge in [0, 0.05) is 20.6 Å². The van der Waals surface area contributed by atoms with Gasteiger partial charge in [-0.2, -0.15) is 0 Å². The summed E-state index contributed by atoms with van der Waals surface area (Å²) in [6.45, 7) is 0. The number of amides is 1. The van der Waals surface area contributed by atoms with Gasteiger partial charge in [0.15, 0.2) is 5.11 Å². The molecule has 30 heavy (non-hydrogen) atoms. The number of rotatable bonds is 6. The predicted octanol–water partition coefficient (Wildman–Crippen LogP) is 5.05. The maximum atomic E-state index is 13.0. The van der Waals surface area contributed by atoms with Gasteiger partial charge in [-0.3, -0.25) is 9.69 Å². The number of halogens is 1. The van der Waals surface area contributed by atoms with E-state index in [0.717, 1.165) is 31.6 Å². The predicted molar refractivity (Wildman–Crippen MR) is 128 cm³/mol. The Hall–Kier alpha value is -2.61. The van der Waals surface area contributed by atoms with Crippen LogP contribution < -0.4 is 5.32 Å². The lowest BCUT2D eigenvalue weighted by Gasteiger charge is -2.21. The Bertz CT molecular complexity index is 1120. The van der Waals surface area contributed by atoms with Crippen LogP contribution in [0.15, 0.2) is 76.9 Å². The summed E-state index contributed by atoms with van der Waals surface area (Å²) in [5, 5.41) is 3.22. The SMILES string of the molecule is O=CC(Cc1ccccc1)N1C(=O)/C(=C\c2ccc(-c3ccc(Br)cc3)s2)NC1=S. The Morgan fingerprint density at radius 3 is 2.50 bits per heavy atom. The van der Waals surface area contributed by atoms with Crippen LogP contribution in [0.3, 0.4) is 0 Å². The summed E-state index contributed by atoms with van der Waals surface area (Å²) in [6.07, 6.45) is 2.97. The van der Waals surface area contributed by atoms with Crippen molar-refractivity contribution in [2.75, 3.05) is 0 Å². The van der Waals surface area contributed by atoms with E-state index in [0.29, 0.717) is 12.1 Å². The fourth-order valence-electron chi connectivity index (χ4n) is 3.25. The molecule has 1 aromatic heterocycles. The highest BCUT2D eigenvalue weighted by Crippen LogP contribution is 2.31. The van der Waals surface area contributed by atoms with Crippen LogP contribution in [0.1, 0.15) is 10.4 Å². The minimum absolute atomic E-state index is 0.254. The van der Waals surface area contributed by atoms with Crippen molar-refractivity contribution in [1.82, 2.24) is 10.2 Å². The van der Waals surface area contributed by atoms with Crippen LogP contribution in [-0.4, -0.2) is 28.2 Å². The quantitative estimate of drug-likeness (QED) is 0.294. The van der Waals surface area contributed by atoms with Crippen molar-refractivity contribution in [3.8, 4) is 10.4 Å². The monoisotopic (exact) mass is 496 g/mol. The molecule has 1 aliphatic heterocycles. The van der Waals surface area contributed by atoms with E-state index in [9.17, 15) is 9.59 Å². The van der Waals surface area contributed by atoms with E-state index in [1.165, 1.54) is 4.90 Å². The first-order valence-electron chi connectivity index (χ1n) is 9.26. The Morgan fingerprint density at radius 1 is 1.07 bits per heavy atom. The molecule has 1 unspecified atom stereocenters. The number of benzene rings is 2. The molecule has 0 spiro atoms.